The Bertz CT molecular complexity index is 755. The molecule has 0 radical (unpaired) electrons. The first-order valence-corrected chi connectivity index (χ1v) is 11.6. The summed E-state index contributed by atoms with van der Waals surface area (Å²) in [6, 6.07) is 0. The molecule has 4 saturated carbocycles. The molecule has 4 aliphatic carbocycles. The first-order chi connectivity index (χ1) is 13.9. The van der Waals surface area contributed by atoms with Crippen LogP contribution in [0.5, 0.6) is 0 Å². The average molecular weight is 398 g/mol. The van der Waals surface area contributed by atoms with Crippen molar-refractivity contribution >= 4 is 11.6 Å². The number of hydrogen-bond donors (Lipinski definition) is 0. The second kappa shape index (κ2) is 7.91. The molecule has 5 nitrogen and oxygen atoms in total. The molecular weight excluding hydrogens is 362 g/mol. The minimum Gasteiger partial charge on any atom is -0.299 e. The van der Waals surface area contributed by atoms with E-state index < -0.39 is 0 Å². The Hall–Kier alpha value is -1.61. The van der Waals surface area contributed by atoms with Gasteiger partial charge in [0.15, 0.2) is 0 Å². The monoisotopic (exact) mass is 397 g/mol. The lowest BCUT2D eigenvalue weighted by Gasteiger charge is -2.59. The van der Waals surface area contributed by atoms with Crippen LogP contribution in [0.25, 0.3) is 10.4 Å². The molecule has 158 valence electrons. The molecule has 0 saturated heterocycles. The van der Waals surface area contributed by atoms with Crippen molar-refractivity contribution in [3.05, 3.63) is 22.6 Å². The van der Waals surface area contributed by atoms with Gasteiger partial charge in [-0.1, -0.05) is 31.1 Å². The SMILES string of the molecule is C[C@]12CCC(C=CCCCN=[N+]=[N-])CC1C(=O)C[C@@H]1[C@H]2CC[C@]2(C)C(=O)CC[C@@H]12. The second-order valence-corrected chi connectivity index (χ2v) is 10.6. The summed E-state index contributed by atoms with van der Waals surface area (Å²) in [5.41, 5.74) is 8.31. The van der Waals surface area contributed by atoms with Gasteiger partial charge in [0.2, 0.25) is 0 Å². The number of carbonyl (C=O) groups is 2. The molecule has 0 bridgehead atoms. The van der Waals surface area contributed by atoms with Crippen LogP contribution in [0.3, 0.4) is 0 Å². The van der Waals surface area contributed by atoms with Crippen molar-refractivity contribution in [2.75, 3.05) is 6.54 Å². The number of fused-ring (bicyclic) bond motifs is 5. The van der Waals surface area contributed by atoms with Crippen LogP contribution in [-0.4, -0.2) is 18.1 Å². The molecular formula is C24H35N3O2. The van der Waals surface area contributed by atoms with Gasteiger partial charge < -0.3 is 0 Å². The second-order valence-electron chi connectivity index (χ2n) is 10.6. The largest absolute Gasteiger partial charge is 0.299 e. The highest BCUT2D eigenvalue weighted by atomic mass is 16.1. The van der Waals surface area contributed by atoms with E-state index in [4.69, 9.17) is 5.53 Å². The smallest absolute Gasteiger partial charge is 0.139 e. The number of Topliss-reactive ketones (excluding diaryl/α,β-unsaturated/α-hetero) is 2. The molecule has 29 heavy (non-hydrogen) atoms. The molecule has 0 aliphatic heterocycles. The molecule has 7 atom stereocenters. The van der Waals surface area contributed by atoms with Gasteiger partial charge in [-0.2, -0.15) is 0 Å². The Morgan fingerprint density at radius 1 is 1.17 bits per heavy atom. The lowest BCUT2D eigenvalue weighted by Crippen LogP contribution is -2.56. The van der Waals surface area contributed by atoms with E-state index >= 15 is 0 Å². The minimum absolute atomic E-state index is 0.124. The quantitative estimate of drug-likeness (QED) is 0.186. The van der Waals surface area contributed by atoms with E-state index in [1.54, 1.807) is 0 Å². The van der Waals surface area contributed by atoms with Crippen molar-refractivity contribution in [1.82, 2.24) is 0 Å². The molecule has 0 aromatic rings. The van der Waals surface area contributed by atoms with Crippen LogP contribution in [0.15, 0.2) is 17.3 Å². The molecule has 0 spiro atoms. The van der Waals surface area contributed by atoms with E-state index in [9.17, 15) is 9.59 Å². The number of carbonyl (C=O) groups excluding carboxylic acids is 2. The van der Waals surface area contributed by atoms with Crippen molar-refractivity contribution in [3.63, 3.8) is 0 Å². The van der Waals surface area contributed by atoms with E-state index in [2.05, 4.69) is 36.0 Å². The third-order valence-electron chi connectivity index (χ3n) is 9.31. The molecule has 5 heteroatoms. The maximum Gasteiger partial charge on any atom is 0.139 e. The summed E-state index contributed by atoms with van der Waals surface area (Å²) in [5.74, 6) is 3.09. The fourth-order valence-electron chi connectivity index (χ4n) is 7.63. The Morgan fingerprint density at radius 3 is 2.79 bits per heavy atom. The summed E-state index contributed by atoms with van der Waals surface area (Å²) in [6.07, 6.45) is 14.2. The number of unbranched alkanes of at least 4 members (excludes halogenated alkanes) is 1. The van der Waals surface area contributed by atoms with Gasteiger partial charge in [-0.3, -0.25) is 9.59 Å². The van der Waals surface area contributed by atoms with Gasteiger partial charge in [-0.25, -0.2) is 0 Å². The van der Waals surface area contributed by atoms with Crippen LogP contribution < -0.4 is 0 Å². The van der Waals surface area contributed by atoms with Crippen molar-refractivity contribution < 1.29 is 9.59 Å². The average Bonchev–Trinajstić information content (AvgIpc) is 3.00. The maximum absolute atomic E-state index is 13.3. The van der Waals surface area contributed by atoms with Crippen LogP contribution in [-0.2, 0) is 9.59 Å². The van der Waals surface area contributed by atoms with Crippen molar-refractivity contribution in [3.8, 4) is 0 Å². The Balaban J connectivity index is 1.44. The maximum atomic E-state index is 13.3. The summed E-state index contributed by atoms with van der Waals surface area (Å²) in [6.45, 7) is 5.13. The number of allylic oxidation sites excluding steroid dienone is 2. The summed E-state index contributed by atoms with van der Waals surface area (Å²) < 4.78 is 0. The highest BCUT2D eigenvalue weighted by Gasteiger charge is 2.62. The van der Waals surface area contributed by atoms with E-state index in [1.807, 2.05) is 0 Å². The zero-order valence-electron chi connectivity index (χ0n) is 18.0. The lowest BCUT2D eigenvalue weighted by atomic mass is 9.44. The molecule has 0 aromatic heterocycles. The number of nitrogens with zero attached hydrogens (tertiary/aromatic N) is 3. The molecule has 0 aromatic carbocycles. The van der Waals surface area contributed by atoms with E-state index in [1.165, 1.54) is 0 Å². The van der Waals surface area contributed by atoms with Crippen LogP contribution >= 0.6 is 0 Å². The standard InChI is InChI=1S/C24H35N3O2/c1-23-11-9-16(6-4-3-5-13-26-27-25)14-20(23)21(28)15-17-18-7-8-22(29)24(18,2)12-10-19(17)23/h4,6,16-20H,3,5,7-15H2,1-2H3/t16?,17-,18-,19+,20?,23+,24-/m0/s1. The summed E-state index contributed by atoms with van der Waals surface area (Å²) >= 11 is 0. The Morgan fingerprint density at radius 2 is 2.00 bits per heavy atom. The van der Waals surface area contributed by atoms with Gasteiger partial charge >= 0.3 is 0 Å². The van der Waals surface area contributed by atoms with E-state index in [-0.39, 0.29) is 16.7 Å². The summed E-state index contributed by atoms with van der Waals surface area (Å²) in [4.78, 5) is 28.7. The van der Waals surface area contributed by atoms with Gasteiger partial charge in [-0.15, -0.1) is 0 Å². The van der Waals surface area contributed by atoms with Gasteiger partial charge in [0.25, 0.3) is 0 Å². The van der Waals surface area contributed by atoms with Crippen LogP contribution in [0.1, 0.15) is 78.1 Å². The number of rotatable bonds is 5. The highest BCUT2D eigenvalue weighted by Crippen LogP contribution is 2.65. The third kappa shape index (κ3) is 3.46. The number of azide groups is 1. The first-order valence-electron chi connectivity index (χ1n) is 11.6. The molecule has 4 aliphatic rings. The van der Waals surface area contributed by atoms with Crippen molar-refractivity contribution in [1.29, 1.82) is 0 Å². The molecule has 0 heterocycles. The van der Waals surface area contributed by atoms with Gasteiger partial charge in [0, 0.05) is 35.6 Å². The molecule has 4 rings (SSSR count). The molecule has 0 N–H and O–H groups in total. The normalized spacial score (nSPS) is 44.1. The fraction of sp³-hybridized carbons (Fsp3) is 0.833. The topological polar surface area (TPSA) is 82.9 Å². The Labute approximate surface area is 174 Å². The van der Waals surface area contributed by atoms with Gasteiger partial charge in [-0.05, 0) is 86.0 Å². The van der Waals surface area contributed by atoms with Gasteiger partial charge in [0.1, 0.15) is 11.6 Å². The molecule has 0 amide bonds. The lowest BCUT2D eigenvalue weighted by molar-refractivity contribution is -0.157. The predicted octanol–water partition coefficient (Wildman–Crippen LogP) is 6.04. The Kier molecular flexibility index (Phi) is 5.63. The van der Waals surface area contributed by atoms with Crippen LogP contribution in [0, 0.1) is 40.4 Å². The predicted molar refractivity (Wildman–Crippen MR) is 113 cm³/mol. The first kappa shape index (κ1) is 20.7. The van der Waals surface area contributed by atoms with Crippen LogP contribution in [0.2, 0.25) is 0 Å². The van der Waals surface area contributed by atoms with E-state index in [0.29, 0.717) is 48.2 Å². The summed E-state index contributed by atoms with van der Waals surface area (Å²) in [5, 5.41) is 3.58. The van der Waals surface area contributed by atoms with Crippen LogP contribution in [0.4, 0.5) is 0 Å². The third-order valence-corrected chi connectivity index (χ3v) is 9.31. The number of hydrogen-bond acceptors (Lipinski definition) is 3. The fourth-order valence-corrected chi connectivity index (χ4v) is 7.63. The zero-order chi connectivity index (χ0) is 20.6. The molecule has 4 fully saturated rings. The zero-order valence-corrected chi connectivity index (χ0v) is 18.0. The van der Waals surface area contributed by atoms with Crippen molar-refractivity contribution in [2.45, 2.75) is 78.1 Å². The van der Waals surface area contributed by atoms with Gasteiger partial charge in [0.05, 0.1) is 0 Å². The number of ketones is 2. The van der Waals surface area contributed by atoms with E-state index in [0.717, 1.165) is 57.8 Å². The molecule has 2 unspecified atom stereocenters. The highest BCUT2D eigenvalue weighted by molar-refractivity contribution is 5.88. The van der Waals surface area contributed by atoms with Crippen molar-refractivity contribution in [2.24, 2.45) is 45.5 Å². The summed E-state index contributed by atoms with van der Waals surface area (Å²) in [7, 11) is 0. The minimum atomic E-state index is -0.153.